The zero-order valence-electron chi connectivity index (χ0n) is 9.53. The molecule has 8 nitrogen and oxygen atoms in total. The first-order chi connectivity index (χ1) is 8.47. The first-order valence-electron chi connectivity index (χ1n) is 5.26. The Morgan fingerprint density at radius 3 is 2.83 bits per heavy atom. The number of carboxylic acids is 1. The average molecular weight is 272 g/mol. The quantitative estimate of drug-likeness (QED) is 0.692. The minimum Gasteiger partial charge on any atom is -0.480 e. The fraction of sp³-hybridized carbons (Fsp3) is 0.556. The Morgan fingerprint density at radius 1 is 1.56 bits per heavy atom. The van der Waals surface area contributed by atoms with E-state index in [4.69, 9.17) is 5.11 Å². The zero-order valence-corrected chi connectivity index (χ0v) is 10.3. The molecule has 2 heterocycles. The number of aliphatic hydroxyl groups excluding tert-OH is 1. The number of hydrogen-bond acceptors (Lipinski definition) is 6. The highest BCUT2D eigenvalue weighted by Crippen LogP contribution is 2.20. The van der Waals surface area contributed by atoms with Crippen LogP contribution in [0.2, 0.25) is 0 Å². The highest BCUT2D eigenvalue weighted by atomic mass is 32.1. The molecule has 0 aromatic carbocycles. The fourth-order valence-electron chi connectivity index (χ4n) is 1.78. The van der Waals surface area contributed by atoms with Gasteiger partial charge in [0.2, 0.25) is 5.13 Å². The number of nitrogens with zero attached hydrogens (tertiary/aromatic N) is 3. The molecule has 1 aromatic heterocycles. The van der Waals surface area contributed by atoms with Gasteiger partial charge in [-0.1, -0.05) is 0 Å². The lowest BCUT2D eigenvalue weighted by Crippen LogP contribution is -2.43. The molecule has 0 bridgehead atoms. The Balaban J connectivity index is 2.06. The second kappa shape index (κ2) is 4.86. The van der Waals surface area contributed by atoms with E-state index in [1.807, 2.05) is 0 Å². The third-order valence-electron chi connectivity index (χ3n) is 2.57. The van der Waals surface area contributed by atoms with Crippen molar-refractivity contribution in [1.29, 1.82) is 0 Å². The van der Waals surface area contributed by atoms with Crippen molar-refractivity contribution in [2.24, 2.45) is 0 Å². The lowest BCUT2D eigenvalue weighted by atomic mass is 10.2. The molecule has 1 aromatic rings. The van der Waals surface area contributed by atoms with Crippen LogP contribution in [0, 0.1) is 6.92 Å². The highest BCUT2D eigenvalue weighted by molar-refractivity contribution is 7.09. The molecule has 0 unspecified atom stereocenters. The summed E-state index contributed by atoms with van der Waals surface area (Å²) in [5.74, 6) is -0.596. The van der Waals surface area contributed by atoms with Gasteiger partial charge in [-0.3, -0.25) is 5.32 Å². The Hall–Kier alpha value is -1.74. The largest absolute Gasteiger partial charge is 0.480 e. The van der Waals surface area contributed by atoms with Gasteiger partial charge >= 0.3 is 12.0 Å². The third kappa shape index (κ3) is 2.57. The molecule has 98 valence electrons. The number of likely N-dealkylation sites (tertiary alicyclic amines) is 1. The Bertz CT molecular complexity index is 477. The standard InChI is InChI=1S/C9H12N4O4S/c1-4-10-8(18-12-4)11-9(17)13-3-5(14)2-6(13)7(15)16/h5-6,14H,2-3H2,1H3,(H,15,16)(H,10,11,12,17)/t5-,6+/m1/s1. The minimum absolute atomic E-state index is 0.000581. The van der Waals surface area contributed by atoms with Crippen molar-refractivity contribution in [3.8, 4) is 0 Å². The van der Waals surface area contributed by atoms with Crippen LogP contribution in [0.5, 0.6) is 0 Å². The Kier molecular flexibility index (Phi) is 3.43. The molecule has 1 aliphatic heterocycles. The van der Waals surface area contributed by atoms with Crippen LogP contribution < -0.4 is 5.32 Å². The molecule has 2 amide bonds. The molecule has 2 atom stereocenters. The van der Waals surface area contributed by atoms with Gasteiger partial charge in [-0.25, -0.2) is 14.6 Å². The molecule has 0 radical (unpaired) electrons. The SMILES string of the molecule is Cc1nsc(NC(=O)N2C[C@H](O)C[C@H]2C(=O)O)n1. The minimum atomic E-state index is -1.13. The van der Waals surface area contributed by atoms with Crippen LogP contribution in [0.25, 0.3) is 0 Å². The van der Waals surface area contributed by atoms with Gasteiger partial charge in [0.25, 0.3) is 0 Å². The van der Waals surface area contributed by atoms with Crippen molar-refractivity contribution in [2.75, 3.05) is 11.9 Å². The van der Waals surface area contributed by atoms with Crippen LogP contribution in [-0.4, -0.2) is 55.2 Å². The van der Waals surface area contributed by atoms with E-state index < -0.39 is 24.1 Å². The van der Waals surface area contributed by atoms with Crippen LogP contribution >= 0.6 is 11.5 Å². The summed E-state index contributed by atoms with van der Waals surface area (Å²) in [6.45, 7) is 1.69. The van der Waals surface area contributed by atoms with Gasteiger partial charge < -0.3 is 15.1 Å². The number of β-amino-alcohol motifs (C(OH)–C–C–N with tert-alkyl or cyclic N) is 1. The van der Waals surface area contributed by atoms with E-state index in [9.17, 15) is 14.7 Å². The molecule has 0 saturated carbocycles. The van der Waals surface area contributed by atoms with E-state index in [1.54, 1.807) is 6.92 Å². The molecule has 0 aliphatic carbocycles. The van der Waals surface area contributed by atoms with Gasteiger partial charge in [-0.2, -0.15) is 4.37 Å². The molecule has 18 heavy (non-hydrogen) atoms. The van der Waals surface area contributed by atoms with Gasteiger partial charge in [0.05, 0.1) is 6.10 Å². The molecule has 2 rings (SSSR count). The van der Waals surface area contributed by atoms with Crippen molar-refractivity contribution < 1.29 is 19.8 Å². The number of carboxylic acid groups (broad SMARTS) is 1. The van der Waals surface area contributed by atoms with Gasteiger partial charge in [0, 0.05) is 24.5 Å². The molecule has 0 spiro atoms. The maximum absolute atomic E-state index is 11.9. The van der Waals surface area contributed by atoms with Gasteiger partial charge in [-0.05, 0) is 6.92 Å². The number of aliphatic hydroxyl groups is 1. The molecular formula is C9H12N4O4S. The van der Waals surface area contributed by atoms with Crippen LogP contribution in [-0.2, 0) is 4.79 Å². The smallest absolute Gasteiger partial charge is 0.326 e. The van der Waals surface area contributed by atoms with E-state index in [-0.39, 0.29) is 13.0 Å². The second-order valence-electron chi connectivity index (χ2n) is 3.97. The number of hydrogen-bond donors (Lipinski definition) is 3. The predicted octanol–water partition coefficient (Wildman–Crippen LogP) is -0.102. The van der Waals surface area contributed by atoms with Gasteiger partial charge in [-0.15, -0.1) is 0 Å². The summed E-state index contributed by atoms with van der Waals surface area (Å²) in [6.07, 6.45) is -0.772. The topological polar surface area (TPSA) is 116 Å². The number of carbonyl (C=O) groups excluding carboxylic acids is 1. The number of aryl methyl sites for hydroxylation is 1. The van der Waals surface area contributed by atoms with Crippen molar-refractivity contribution in [2.45, 2.75) is 25.5 Å². The molecule has 9 heteroatoms. The van der Waals surface area contributed by atoms with Crippen LogP contribution in [0.3, 0.4) is 0 Å². The third-order valence-corrected chi connectivity index (χ3v) is 3.29. The zero-order chi connectivity index (χ0) is 13.3. The predicted molar refractivity (Wildman–Crippen MR) is 62.4 cm³/mol. The maximum atomic E-state index is 11.9. The number of amides is 2. The molecule has 1 saturated heterocycles. The normalized spacial score (nSPS) is 23.1. The monoisotopic (exact) mass is 272 g/mol. The van der Waals surface area contributed by atoms with E-state index in [1.165, 1.54) is 0 Å². The molecule has 1 aliphatic rings. The summed E-state index contributed by atoms with van der Waals surface area (Å²) in [7, 11) is 0. The number of urea groups is 1. The second-order valence-corrected chi connectivity index (χ2v) is 4.72. The highest BCUT2D eigenvalue weighted by Gasteiger charge is 2.39. The van der Waals surface area contributed by atoms with Crippen LogP contribution in [0.15, 0.2) is 0 Å². The number of anilines is 1. The van der Waals surface area contributed by atoms with Crippen LogP contribution in [0.4, 0.5) is 9.93 Å². The van der Waals surface area contributed by atoms with E-state index >= 15 is 0 Å². The van der Waals surface area contributed by atoms with Gasteiger partial charge in [0.1, 0.15) is 11.9 Å². The van der Waals surface area contributed by atoms with Crippen molar-refractivity contribution >= 4 is 28.7 Å². The summed E-state index contributed by atoms with van der Waals surface area (Å²) in [4.78, 5) is 27.9. The van der Waals surface area contributed by atoms with Gasteiger partial charge in [0.15, 0.2) is 0 Å². The number of carbonyl (C=O) groups is 2. The molecule has 3 N–H and O–H groups in total. The van der Waals surface area contributed by atoms with Crippen LogP contribution in [0.1, 0.15) is 12.2 Å². The molecule has 1 fully saturated rings. The Morgan fingerprint density at radius 2 is 2.28 bits per heavy atom. The summed E-state index contributed by atoms with van der Waals surface area (Å²) < 4.78 is 3.90. The van der Waals surface area contributed by atoms with E-state index in [0.717, 1.165) is 16.4 Å². The number of aromatic nitrogens is 2. The van der Waals surface area contributed by atoms with Crippen molar-refractivity contribution in [3.63, 3.8) is 0 Å². The first kappa shape index (κ1) is 12.7. The van der Waals surface area contributed by atoms with E-state index in [2.05, 4.69) is 14.7 Å². The first-order valence-corrected chi connectivity index (χ1v) is 6.03. The summed E-state index contributed by atoms with van der Waals surface area (Å²) in [5, 5.41) is 21.2. The van der Waals surface area contributed by atoms with E-state index in [0.29, 0.717) is 11.0 Å². The number of rotatable bonds is 2. The van der Waals surface area contributed by atoms with Crippen molar-refractivity contribution in [3.05, 3.63) is 5.82 Å². The molecular weight excluding hydrogens is 260 g/mol. The summed E-state index contributed by atoms with van der Waals surface area (Å²) in [6, 6.07) is -1.59. The maximum Gasteiger partial charge on any atom is 0.326 e. The summed E-state index contributed by atoms with van der Waals surface area (Å²) in [5.41, 5.74) is 0. The average Bonchev–Trinajstić information content (AvgIpc) is 2.85. The number of aliphatic carboxylic acids is 1. The Labute approximate surface area is 106 Å². The fourth-order valence-corrected chi connectivity index (χ4v) is 2.35. The number of nitrogens with one attached hydrogen (secondary N) is 1. The lowest BCUT2D eigenvalue weighted by Gasteiger charge is -2.20. The van der Waals surface area contributed by atoms with Crippen molar-refractivity contribution in [1.82, 2.24) is 14.3 Å². The lowest BCUT2D eigenvalue weighted by molar-refractivity contribution is -0.141. The summed E-state index contributed by atoms with van der Waals surface area (Å²) >= 11 is 1.02.